The van der Waals surface area contributed by atoms with Gasteiger partial charge in [-0.15, -0.1) is 0 Å². The average Bonchev–Trinajstić information content (AvgIpc) is 2.65. The van der Waals surface area contributed by atoms with Gasteiger partial charge in [0, 0.05) is 24.7 Å². The fourth-order valence-corrected chi connectivity index (χ4v) is 3.11. The summed E-state index contributed by atoms with van der Waals surface area (Å²) >= 11 is 3.19. The lowest BCUT2D eigenvalue weighted by atomic mass is 10.0. The predicted octanol–water partition coefficient (Wildman–Crippen LogP) is 3.92. The van der Waals surface area contributed by atoms with Crippen LogP contribution in [0.25, 0.3) is 0 Å². The van der Waals surface area contributed by atoms with Gasteiger partial charge in [-0.2, -0.15) is 0 Å². The number of nitrogens with zero attached hydrogens (tertiary/aromatic N) is 1. The van der Waals surface area contributed by atoms with Gasteiger partial charge in [-0.3, -0.25) is 10.2 Å². The topological polar surface area (TPSA) is 82.7 Å². The Morgan fingerprint density at radius 2 is 2.00 bits per heavy atom. The molecule has 28 heavy (non-hydrogen) atoms. The van der Waals surface area contributed by atoms with Gasteiger partial charge in [0.25, 0.3) is 5.91 Å². The largest absolute Gasteiger partial charge is 0.443 e. The van der Waals surface area contributed by atoms with E-state index in [2.05, 4.69) is 37.0 Å². The summed E-state index contributed by atoms with van der Waals surface area (Å²) in [6.45, 7) is 8.81. The number of piperidine rings is 1. The molecular formula is C20H29BrN4O3. The number of halogens is 1. The van der Waals surface area contributed by atoms with Gasteiger partial charge in [0.1, 0.15) is 5.60 Å². The van der Waals surface area contributed by atoms with E-state index in [9.17, 15) is 9.59 Å². The van der Waals surface area contributed by atoms with Crippen molar-refractivity contribution in [2.45, 2.75) is 52.2 Å². The van der Waals surface area contributed by atoms with Gasteiger partial charge < -0.3 is 15.0 Å². The molecule has 1 saturated heterocycles. The normalized spacial score (nSPS) is 17.8. The Labute approximate surface area is 175 Å². The first-order valence-electron chi connectivity index (χ1n) is 9.36. The van der Waals surface area contributed by atoms with Crippen LogP contribution in [0.15, 0.2) is 34.8 Å². The lowest BCUT2D eigenvalue weighted by Crippen LogP contribution is -2.53. The Bertz CT molecular complexity index is 730. The standard InChI is InChI=1S/C20H29BrN4O3/c1-14(12-21)18(26)22-16-9-5-6-10-17(16)25-11-7-8-15(13-25)23-24-19(27)28-20(2,3)4/h5-6,9-10,12,15,23H,7-8,11,13H2,1-4H3,(H,22,26)(H,24,27). The van der Waals surface area contributed by atoms with E-state index in [1.54, 1.807) is 11.9 Å². The number of ether oxygens (including phenoxy) is 1. The summed E-state index contributed by atoms with van der Waals surface area (Å²) in [7, 11) is 0. The molecule has 0 spiro atoms. The molecule has 2 rings (SSSR count). The minimum atomic E-state index is -0.538. The van der Waals surface area contributed by atoms with E-state index < -0.39 is 11.7 Å². The lowest BCUT2D eigenvalue weighted by Gasteiger charge is -2.36. The molecule has 1 aromatic carbocycles. The van der Waals surface area contributed by atoms with Crippen LogP contribution in [0.1, 0.15) is 40.5 Å². The first kappa shape index (κ1) is 22.2. The van der Waals surface area contributed by atoms with Crippen molar-refractivity contribution in [1.29, 1.82) is 0 Å². The number of para-hydroxylation sites is 2. The number of rotatable bonds is 5. The van der Waals surface area contributed by atoms with Crippen molar-refractivity contribution < 1.29 is 14.3 Å². The third-order valence-electron chi connectivity index (χ3n) is 4.21. The van der Waals surface area contributed by atoms with E-state index in [0.29, 0.717) is 12.1 Å². The van der Waals surface area contributed by atoms with Crippen LogP contribution >= 0.6 is 15.9 Å². The van der Waals surface area contributed by atoms with E-state index in [-0.39, 0.29) is 11.9 Å². The highest BCUT2D eigenvalue weighted by Gasteiger charge is 2.23. The van der Waals surface area contributed by atoms with Crippen LogP contribution in [-0.2, 0) is 9.53 Å². The minimum Gasteiger partial charge on any atom is -0.443 e. The summed E-state index contributed by atoms with van der Waals surface area (Å²) in [6.07, 6.45) is 1.41. The number of hydrogen-bond acceptors (Lipinski definition) is 5. The summed E-state index contributed by atoms with van der Waals surface area (Å²) < 4.78 is 5.25. The molecule has 0 bridgehead atoms. The third-order valence-corrected chi connectivity index (χ3v) is 4.90. The van der Waals surface area contributed by atoms with Crippen LogP contribution in [0, 0.1) is 0 Å². The van der Waals surface area contributed by atoms with Crippen molar-refractivity contribution in [3.8, 4) is 0 Å². The van der Waals surface area contributed by atoms with Gasteiger partial charge in [-0.05, 0) is 57.7 Å². The van der Waals surface area contributed by atoms with Gasteiger partial charge in [0.15, 0.2) is 0 Å². The van der Waals surface area contributed by atoms with Crippen molar-refractivity contribution >= 4 is 39.3 Å². The second-order valence-electron chi connectivity index (χ2n) is 7.82. The number of amides is 2. The van der Waals surface area contributed by atoms with E-state index >= 15 is 0 Å². The number of carbonyl (C=O) groups is 2. The quantitative estimate of drug-likeness (QED) is 0.465. The molecule has 8 heteroatoms. The monoisotopic (exact) mass is 452 g/mol. The minimum absolute atomic E-state index is 0.0780. The second-order valence-corrected chi connectivity index (χ2v) is 8.28. The third kappa shape index (κ3) is 6.83. The van der Waals surface area contributed by atoms with Crippen LogP contribution in [-0.4, -0.2) is 36.7 Å². The molecule has 154 valence electrons. The number of carbonyl (C=O) groups excluding carboxylic acids is 2. The first-order chi connectivity index (χ1) is 13.2. The molecule has 1 fully saturated rings. The van der Waals surface area contributed by atoms with E-state index in [4.69, 9.17) is 4.74 Å². The van der Waals surface area contributed by atoms with Crippen LogP contribution in [0.5, 0.6) is 0 Å². The smallest absolute Gasteiger partial charge is 0.422 e. The molecule has 1 heterocycles. The molecule has 1 aromatic rings. The molecule has 1 aliphatic rings. The zero-order valence-corrected chi connectivity index (χ0v) is 18.4. The molecule has 2 amide bonds. The van der Waals surface area contributed by atoms with Gasteiger partial charge in [0.05, 0.1) is 11.4 Å². The second kappa shape index (κ2) is 9.93. The van der Waals surface area contributed by atoms with Gasteiger partial charge in [-0.25, -0.2) is 10.2 Å². The van der Waals surface area contributed by atoms with Gasteiger partial charge in [0.2, 0.25) is 0 Å². The number of benzene rings is 1. The van der Waals surface area contributed by atoms with Crippen LogP contribution in [0.2, 0.25) is 0 Å². The summed E-state index contributed by atoms with van der Waals surface area (Å²) in [5, 5.41) is 2.96. The SMILES string of the molecule is CC(=CBr)C(=O)Nc1ccccc1N1CCCC(NNC(=O)OC(C)(C)C)C1. The zero-order chi connectivity index (χ0) is 20.7. The van der Waals surface area contributed by atoms with E-state index in [1.807, 2.05) is 45.0 Å². The van der Waals surface area contributed by atoms with E-state index in [1.165, 1.54) is 0 Å². The van der Waals surface area contributed by atoms with Crippen molar-refractivity contribution in [1.82, 2.24) is 10.9 Å². The summed E-state index contributed by atoms with van der Waals surface area (Å²) in [5.41, 5.74) is 7.47. The maximum atomic E-state index is 12.2. The highest BCUT2D eigenvalue weighted by atomic mass is 79.9. The maximum Gasteiger partial charge on any atom is 0.422 e. The Morgan fingerprint density at radius 3 is 2.68 bits per heavy atom. The molecule has 1 unspecified atom stereocenters. The summed E-state index contributed by atoms with van der Waals surface area (Å²) in [5.74, 6) is -0.150. The Morgan fingerprint density at radius 1 is 1.29 bits per heavy atom. The lowest BCUT2D eigenvalue weighted by molar-refractivity contribution is -0.112. The predicted molar refractivity (Wildman–Crippen MR) is 115 cm³/mol. The molecule has 0 aromatic heterocycles. The molecule has 0 radical (unpaired) electrons. The molecule has 1 atom stereocenters. The Balaban J connectivity index is 2.00. The maximum absolute atomic E-state index is 12.2. The van der Waals surface area contributed by atoms with Crippen LogP contribution in [0.3, 0.4) is 0 Å². The van der Waals surface area contributed by atoms with Gasteiger partial charge >= 0.3 is 6.09 Å². The van der Waals surface area contributed by atoms with Crippen molar-refractivity contribution in [2.24, 2.45) is 0 Å². The summed E-state index contributed by atoms with van der Waals surface area (Å²) in [6, 6.07) is 7.82. The number of hydrazine groups is 1. The van der Waals surface area contributed by atoms with Crippen molar-refractivity contribution in [2.75, 3.05) is 23.3 Å². The molecule has 0 aliphatic carbocycles. The number of hydrogen-bond donors (Lipinski definition) is 3. The van der Waals surface area contributed by atoms with Crippen molar-refractivity contribution in [3.63, 3.8) is 0 Å². The van der Waals surface area contributed by atoms with Crippen LogP contribution in [0.4, 0.5) is 16.2 Å². The van der Waals surface area contributed by atoms with E-state index in [0.717, 1.165) is 30.8 Å². The zero-order valence-electron chi connectivity index (χ0n) is 16.8. The highest BCUT2D eigenvalue weighted by molar-refractivity contribution is 9.11. The van der Waals surface area contributed by atoms with Gasteiger partial charge in [-0.1, -0.05) is 28.1 Å². The number of nitrogens with one attached hydrogen (secondary N) is 3. The number of anilines is 2. The molecule has 0 saturated carbocycles. The molecule has 7 nitrogen and oxygen atoms in total. The molecule has 3 N–H and O–H groups in total. The first-order valence-corrected chi connectivity index (χ1v) is 10.3. The molecular weight excluding hydrogens is 424 g/mol. The fourth-order valence-electron chi connectivity index (χ4n) is 2.90. The van der Waals surface area contributed by atoms with Crippen LogP contribution < -0.4 is 21.1 Å². The summed E-state index contributed by atoms with van der Waals surface area (Å²) in [4.78, 5) is 27.9. The fraction of sp³-hybridized carbons (Fsp3) is 0.500. The average molecular weight is 453 g/mol. The van der Waals surface area contributed by atoms with Crippen molar-refractivity contribution in [3.05, 3.63) is 34.8 Å². The highest BCUT2D eigenvalue weighted by Crippen LogP contribution is 2.28. The Hall–Kier alpha value is -2.06. The Kier molecular flexibility index (Phi) is 7.88. The molecule has 1 aliphatic heterocycles.